The van der Waals surface area contributed by atoms with Crippen molar-refractivity contribution in [1.82, 2.24) is 5.32 Å². The van der Waals surface area contributed by atoms with E-state index in [1.807, 2.05) is 13.8 Å². The van der Waals surface area contributed by atoms with Crippen LogP contribution < -0.4 is 5.32 Å². The molecule has 0 aliphatic carbocycles. The molecule has 1 atom stereocenters. The van der Waals surface area contributed by atoms with Crippen LogP contribution in [0.2, 0.25) is 0 Å². The van der Waals surface area contributed by atoms with Crippen LogP contribution in [0.1, 0.15) is 32.3 Å². The van der Waals surface area contributed by atoms with Gasteiger partial charge in [-0.1, -0.05) is 12.1 Å². The maximum atomic E-state index is 12.9. The fraction of sp³-hybridized carbons (Fsp3) is 0.250. The highest BCUT2D eigenvalue weighted by Crippen LogP contribution is 2.21. The monoisotopic (exact) mass is 321 g/mol. The molecule has 0 saturated heterocycles. The SMILES string of the molecule is Cc1scc(C(=O)NCC(C(=O)O)c2ccc(F)cc2)c1C. The van der Waals surface area contributed by atoms with Crippen molar-refractivity contribution in [2.45, 2.75) is 19.8 Å². The van der Waals surface area contributed by atoms with Crippen molar-refractivity contribution < 1.29 is 19.1 Å². The number of carbonyl (C=O) groups excluding carboxylic acids is 1. The Morgan fingerprint density at radius 1 is 1.27 bits per heavy atom. The van der Waals surface area contributed by atoms with Crippen molar-refractivity contribution in [2.75, 3.05) is 6.54 Å². The van der Waals surface area contributed by atoms with Crippen molar-refractivity contribution in [3.63, 3.8) is 0 Å². The Balaban J connectivity index is 2.09. The lowest BCUT2D eigenvalue weighted by atomic mass is 9.99. The largest absolute Gasteiger partial charge is 0.481 e. The maximum Gasteiger partial charge on any atom is 0.312 e. The van der Waals surface area contributed by atoms with Gasteiger partial charge >= 0.3 is 5.97 Å². The Kier molecular flexibility index (Phi) is 4.92. The molecular formula is C16H16FNO3S. The zero-order valence-corrected chi connectivity index (χ0v) is 13.0. The van der Waals surface area contributed by atoms with Crippen molar-refractivity contribution in [1.29, 1.82) is 0 Å². The van der Waals surface area contributed by atoms with Crippen molar-refractivity contribution >= 4 is 23.2 Å². The fourth-order valence-corrected chi connectivity index (χ4v) is 2.94. The molecule has 1 aromatic carbocycles. The molecule has 6 heteroatoms. The second kappa shape index (κ2) is 6.70. The zero-order chi connectivity index (χ0) is 16.3. The van der Waals surface area contributed by atoms with Crippen LogP contribution in [-0.2, 0) is 4.79 Å². The van der Waals surface area contributed by atoms with Gasteiger partial charge < -0.3 is 10.4 Å². The first kappa shape index (κ1) is 16.2. The van der Waals surface area contributed by atoms with Crippen LogP contribution in [-0.4, -0.2) is 23.5 Å². The van der Waals surface area contributed by atoms with E-state index in [2.05, 4.69) is 5.32 Å². The molecule has 1 unspecified atom stereocenters. The molecule has 2 aromatic rings. The predicted molar refractivity (Wildman–Crippen MR) is 82.9 cm³/mol. The molecule has 0 saturated carbocycles. The summed E-state index contributed by atoms with van der Waals surface area (Å²) in [6, 6.07) is 5.25. The number of aryl methyl sites for hydroxylation is 1. The Morgan fingerprint density at radius 3 is 2.41 bits per heavy atom. The van der Waals surface area contributed by atoms with Gasteiger partial charge in [-0.15, -0.1) is 11.3 Å². The number of benzene rings is 1. The highest BCUT2D eigenvalue weighted by molar-refractivity contribution is 7.10. The summed E-state index contributed by atoms with van der Waals surface area (Å²) in [5, 5.41) is 13.7. The molecule has 2 rings (SSSR count). The Morgan fingerprint density at radius 2 is 1.91 bits per heavy atom. The van der Waals surface area contributed by atoms with Gasteiger partial charge in [0.2, 0.25) is 0 Å². The van der Waals surface area contributed by atoms with Crippen molar-refractivity contribution in [3.05, 3.63) is 57.0 Å². The van der Waals surface area contributed by atoms with Crippen LogP contribution in [0.4, 0.5) is 4.39 Å². The summed E-state index contributed by atoms with van der Waals surface area (Å²) < 4.78 is 12.9. The number of aliphatic carboxylic acids is 1. The molecule has 0 bridgehead atoms. The summed E-state index contributed by atoms with van der Waals surface area (Å²) in [5.74, 6) is -2.70. The lowest BCUT2D eigenvalue weighted by molar-refractivity contribution is -0.138. The van der Waals surface area contributed by atoms with E-state index in [0.717, 1.165) is 10.4 Å². The van der Waals surface area contributed by atoms with E-state index in [4.69, 9.17) is 0 Å². The van der Waals surface area contributed by atoms with Crippen LogP contribution in [0.3, 0.4) is 0 Å². The Hall–Kier alpha value is -2.21. The van der Waals surface area contributed by atoms with Gasteiger partial charge in [-0.2, -0.15) is 0 Å². The number of carboxylic acid groups (broad SMARTS) is 1. The fourth-order valence-electron chi connectivity index (χ4n) is 2.07. The van der Waals surface area contributed by atoms with Gasteiger partial charge in [-0.05, 0) is 37.1 Å². The Bertz CT molecular complexity index is 694. The first-order valence-corrected chi connectivity index (χ1v) is 7.59. The van der Waals surface area contributed by atoms with Crippen molar-refractivity contribution in [2.24, 2.45) is 0 Å². The van der Waals surface area contributed by atoms with Gasteiger partial charge in [0.05, 0.1) is 11.5 Å². The molecule has 4 nitrogen and oxygen atoms in total. The quantitative estimate of drug-likeness (QED) is 0.889. The average molecular weight is 321 g/mol. The molecule has 22 heavy (non-hydrogen) atoms. The molecule has 0 spiro atoms. The van der Waals surface area contributed by atoms with Gasteiger partial charge in [0.15, 0.2) is 0 Å². The molecular weight excluding hydrogens is 305 g/mol. The number of rotatable bonds is 5. The molecule has 1 heterocycles. The summed E-state index contributed by atoms with van der Waals surface area (Å²) in [4.78, 5) is 24.6. The molecule has 0 fully saturated rings. The van der Waals surface area contributed by atoms with E-state index in [1.165, 1.54) is 35.6 Å². The third-order valence-corrected chi connectivity index (χ3v) is 4.58. The lowest BCUT2D eigenvalue weighted by Gasteiger charge is -2.14. The van der Waals surface area contributed by atoms with E-state index >= 15 is 0 Å². The normalized spacial score (nSPS) is 12.0. The zero-order valence-electron chi connectivity index (χ0n) is 12.2. The number of carbonyl (C=O) groups is 2. The minimum atomic E-state index is -1.06. The summed E-state index contributed by atoms with van der Waals surface area (Å²) in [6.07, 6.45) is 0. The highest BCUT2D eigenvalue weighted by atomic mass is 32.1. The van der Waals surface area contributed by atoms with E-state index in [9.17, 15) is 19.1 Å². The minimum Gasteiger partial charge on any atom is -0.481 e. The minimum absolute atomic E-state index is 0.0475. The first-order valence-electron chi connectivity index (χ1n) is 6.71. The van der Waals surface area contributed by atoms with E-state index < -0.39 is 17.7 Å². The number of amides is 1. The van der Waals surface area contributed by atoms with E-state index in [1.54, 1.807) is 5.38 Å². The van der Waals surface area contributed by atoms with E-state index in [-0.39, 0.29) is 12.5 Å². The molecule has 0 aliphatic heterocycles. The molecule has 0 radical (unpaired) electrons. The molecule has 1 aromatic heterocycles. The summed E-state index contributed by atoms with van der Waals surface area (Å²) in [7, 11) is 0. The summed E-state index contributed by atoms with van der Waals surface area (Å²) >= 11 is 1.48. The van der Waals surface area contributed by atoms with Gasteiger partial charge in [0.25, 0.3) is 5.91 Å². The second-order valence-corrected chi connectivity index (χ2v) is 6.07. The predicted octanol–water partition coefficient (Wildman–Crippen LogP) is 3.10. The molecule has 0 aliphatic rings. The first-order chi connectivity index (χ1) is 10.4. The lowest BCUT2D eigenvalue weighted by Crippen LogP contribution is -2.31. The number of carboxylic acids is 1. The third kappa shape index (κ3) is 3.51. The van der Waals surface area contributed by atoms with Gasteiger partial charge in [-0.25, -0.2) is 4.39 Å². The smallest absolute Gasteiger partial charge is 0.312 e. The van der Waals surface area contributed by atoms with Gasteiger partial charge in [-0.3, -0.25) is 9.59 Å². The number of thiophene rings is 1. The third-order valence-electron chi connectivity index (χ3n) is 3.57. The highest BCUT2D eigenvalue weighted by Gasteiger charge is 2.22. The van der Waals surface area contributed by atoms with Crippen LogP contribution in [0.5, 0.6) is 0 Å². The number of halogens is 1. The molecule has 2 N–H and O–H groups in total. The number of hydrogen-bond donors (Lipinski definition) is 2. The van der Waals surface area contributed by atoms with Crippen LogP contribution >= 0.6 is 11.3 Å². The second-order valence-electron chi connectivity index (χ2n) is 4.98. The van der Waals surface area contributed by atoms with Crippen LogP contribution in [0.15, 0.2) is 29.6 Å². The van der Waals surface area contributed by atoms with Crippen LogP contribution in [0.25, 0.3) is 0 Å². The van der Waals surface area contributed by atoms with E-state index in [0.29, 0.717) is 11.1 Å². The number of nitrogens with one attached hydrogen (secondary N) is 1. The van der Waals surface area contributed by atoms with Crippen molar-refractivity contribution in [3.8, 4) is 0 Å². The summed E-state index contributed by atoms with van der Waals surface area (Å²) in [6.45, 7) is 3.73. The van der Waals surface area contributed by atoms with Gasteiger partial charge in [0.1, 0.15) is 5.82 Å². The van der Waals surface area contributed by atoms with Gasteiger partial charge in [0, 0.05) is 16.8 Å². The standard InChI is InChI=1S/C16H16FNO3S/c1-9-10(2)22-8-14(9)15(19)18-7-13(16(20)21)11-3-5-12(17)6-4-11/h3-6,8,13H,7H2,1-2H3,(H,18,19)(H,20,21). The topological polar surface area (TPSA) is 66.4 Å². The number of hydrogen-bond acceptors (Lipinski definition) is 3. The maximum absolute atomic E-state index is 12.9. The molecule has 1 amide bonds. The summed E-state index contributed by atoms with van der Waals surface area (Å²) in [5.41, 5.74) is 1.91. The molecule has 116 valence electrons. The Labute approximate surface area is 131 Å². The average Bonchev–Trinajstić information content (AvgIpc) is 2.80. The van der Waals surface area contributed by atoms with Crippen LogP contribution in [0, 0.1) is 19.7 Å².